The van der Waals surface area contributed by atoms with E-state index in [0.29, 0.717) is 37.2 Å². The van der Waals surface area contributed by atoms with Crippen LogP contribution in [0.1, 0.15) is 0 Å². The first-order valence-electron chi connectivity index (χ1n) is 9.85. The Hall–Kier alpha value is -3.75. The number of hydrogen-bond acceptors (Lipinski definition) is 6. The zero-order valence-electron chi connectivity index (χ0n) is 16.6. The Morgan fingerprint density at radius 3 is 2.67 bits per heavy atom. The lowest BCUT2D eigenvalue weighted by Gasteiger charge is -2.35. The minimum absolute atomic E-state index is 0.0122. The summed E-state index contributed by atoms with van der Waals surface area (Å²) in [6.07, 6.45) is 4.82. The Balaban J connectivity index is 1.32. The van der Waals surface area contributed by atoms with Gasteiger partial charge in [0.15, 0.2) is 0 Å². The van der Waals surface area contributed by atoms with Gasteiger partial charge in [-0.2, -0.15) is 0 Å². The van der Waals surface area contributed by atoms with Crippen LogP contribution in [0.25, 0.3) is 22.1 Å². The van der Waals surface area contributed by atoms with Crippen molar-refractivity contribution in [3.05, 3.63) is 59.4 Å². The molecule has 1 fully saturated rings. The van der Waals surface area contributed by atoms with E-state index in [2.05, 4.69) is 19.9 Å². The van der Waals surface area contributed by atoms with E-state index in [1.165, 1.54) is 10.8 Å². The summed E-state index contributed by atoms with van der Waals surface area (Å²) in [7, 11) is 1.96. The minimum atomic E-state index is -0.270. The van der Waals surface area contributed by atoms with Crippen LogP contribution in [0.4, 0.5) is 5.82 Å². The van der Waals surface area contributed by atoms with Gasteiger partial charge < -0.3 is 14.4 Å². The van der Waals surface area contributed by atoms with Crippen LogP contribution in [0.2, 0.25) is 0 Å². The molecule has 0 aliphatic carbocycles. The van der Waals surface area contributed by atoms with E-state index in [4.69, 9.17) is 0 Å². The van der Waals surface area contributed by atoms with Gasteiger partial charge in [-0.15, -0.1) is 0 Å². The average Bonchev–Trinajstić information content (AvgIpc) is 3.17. The van der Waals surface area contributed by atoms with Crippen molar-refractivity contribution in [3.63, 3.8) is 0 Å². The van der Waals surface area contributed by atoms with Gasteiger partial charge in [0, 0.05) is 39.4 Å². The van der Waals surface area contributed by atoms with E-state index in [1.54, 1.807) is 6.33 Å². The van der Waals surface area contributed by atoms with Crippen molar-refractivity contribution >= 4 is 33.8 Å². The van der Waals surface area contributed by atoms with Crippen molar-refractivity contribution in [2.45, 2.75) is 6.54 Å². The molecule has 4 aromatic rings. The summed E-state index contributed by atoms with van der Waals surface area (Å²) in [5, 5.41) is 1.01. The van der Waals surface area contributed by atoms with Crippen LogP contribution >= 0.6 is 0 Å². The van der Waals surface area contributed by atoms with Gasteiger partial charge in [-0.25, -0.2) is 15.0 Å². The lowest BCUT2D eigenvalue weighted by atomic mass is 10.2. The van der Waals surface area contributed by atoms with Crippen LogP contribution in [0, 0.1) is 0 Å². The predicted octanol–water partition coefficient (Wildman–Crippen LogP) is 1.03. The number of piperazine rings is 1. The summed E-state index contributed by atoms with van der Waals surface area (Å²) in [6.45, 7) is 2.53. The molecule has 0 radical (unpaired) electrons. The maximum atomic E-state index is 12.9. The number of carbonyl (C=O) groups is 1. The van der Waals surface area contributed by atoms with Gasteiger partial charge >= 0.3 is 0 Å². The number of carbonyl (C=O) groups excluding carboxylic acids is 1. The fourth-order valence-electron chi connectivity index (χ4n) is 4.00. The number of benzene rings is 1. The molecule has 9 heteroatoms. The molecule has 1 aliphatic heterocycles. The van der Waals surface area contributed by atoms with Gasteiger partial charge in [0.25, 0.3) is 5.56 Å². The third kappa shape index (κ3) is 3.08. The van der Waals surface area contributed by atoms with Crippen LogP contribution < -0.4 is 10.5 Å². The number of aryl methyl sites for hydroxylation is 1. The number of amides is 1. The molecule has 0 atom stereocenters. The van der Waals surface area contributed by atoms with Gasteiger partial charge in [-0.1, -0.05) is 12.1 Å². The fourth-order valence-corrected chi connectivity index (χ4v) is 4.00. The number of rotatable bonds is 3. The Morgan fingerprint density at radius 2 is 1.83 bits per heavy atom. The first kappa shape index (κ1) is 18.3. The highest BCUT2D eigenvalue weighted by atomic mass is 16.2. The van der Waals surface area contributed by atoms with E-state index < -0.39 is 0 Å². The molecule has 1 amide bonds. The summed E-state index contributed by atoms with van der Waals surface area (Å²) >= 11 is 0. The van der Waals surface area contributed by atoms with Crippen molar-refractivity contribution in [2.75, 3.05) is 31.1 Å². The maximum absolute atomic E-state index is 12.9. The standard InChI is InChI=1S/C21H21N7O2/c1-25-7-6-15-20(25)23-14-24-21(15)27-10-8-26(9-11-27)19(30)13-28-17-5-3-2-4-16(17)22-12-18(28)29/h2-7,12,14H,8-11,13H2,1H3. The summed E-state index contributed by atoms with van der Waals surface area (Å²) in [5.41, 5.74) is 1.99. The smallest absolute Gasteiger partial charge is 0.269 e. The second-order valence-electron chi connectivity index (χ2n) is 7.40. The molecule has 152 valence electrons. The summed E-state index contributed by atoms with van der Waals surface area (Å²) in [4.78, 5) is 42.2. The molecule has 1 saturated heterocycles. The zero-order valence-corrected chi connectivity index (χ0v) is 16.6. The van der Waals surface area contributed by atoms with Gasteiger partial charge in [-0.3, -0.25) is 14.2 Å². The molecule has 0 spiro atoms. The molecular weight excluding hydrogens is 382 g/mol. The van der Waals surface area contributed by atoms with Crippen LogP contribution in [0.3, 0.4) is 0 Å². The fraction of sp³-hybridized carbons (Fsp3) is 0.286. The highest BCUT2D eigenvalue weighted by Gasteiger charge is 2.24. The van der Waals surface area contributed by atoms with Crippen LogP contribution in [-0.4, -0.2) is 61.1 Å². The third-order valence-corrected chi connectivity index (χ3v) is 5.62. The average molecular weight is 403 g/mol. The quantitative estimate of drug-likeness (QED) is 0.508. The Labute approximate surface area is 172 Å². The first-order valence-corrected chi connectivity index (χ1v) is 9.85. The number of para-hydroxylation sites is 2. The number of nitrogens with zero attached hydrogens (tertiary/aromatic N) is 7. The highest BCUT2D eigenvalue weighted by molar-refractivity contribution is 5.88. The summed E-state index contributed by atoms with van der Waals surface area (Å²) in [5.74, 6) is 0.824. The van der Waals surface area contributed by atoms with Crippen molar-refractivity contribution in [1.82, 2.24) is 29.0 Å². The number of anilines is 1. The first-order chi connectivity index (χ1) is 14.6. The molecule has 0 N–H and O–H groups in total. The number of fused-ring (bicyclic) bond motifs is 2. The number of aromatic nitrogens is 5. The molecule has 0 unspecified atom stereocenters. The molecular formula is C21H21N7O2. The highest BCUT2D eigenvalue weighted by Crippen LogP contribution is 2.24. The van der Waals surface area contributed by atoms with Crippen LogP contribution in [-0.2, 0) is 18.4 Å². The molecule has 0 saturated carbocycles. The van der Waals surface area contributed by atoms with E-state index in [-0.39, 0.29) is 18.0 Å². The van der Waals surface area contributed by atoms with E-state index in [1.807, 2.05) is 53.0 Å². The largest absolute Gasteiger partial charge is 0.352 e. The molecule has 1 aliphatic rings. The third-order valence-electron chi connectivity index (χ3n) is 5.62. The van der Waals surface area contributed by atoms with Crippen LogP contribution in [0.5, 0.6) is 0 Å². The van der Waals surface area contributed by atoms with Gasteiger partial charge in [0.05, 0.1) is 22.6 Å². The van der Waals surface area contributed by atoms with E-state index in [9.17, 15) is 9.59 Å². The maximum Gasteiger partial charge on any atom is 0.269 e. The zero-order chi connectivity index (χ0) is 20.7. The van der Waals surface area contributed by atoms with Crippen molar-refractivity contribution in [2.24, 2.45) is 7.05 Å². The van der Waals surface area contributed by atoms with Gasteiger partial charge in [0.1, 0.15) is 24.3 Å². The molecule has 3 aromatic heterocycles. The molecule has 5 rings (SSSR count). The van der Waals surface area contributed by atoms with E-state index >= 15 is 0 Å². The lowest BCUT2D eigenvalue weighted by Crippen LogP contribution is -2.50. The molecule has 9 nitrogen and oxygen atoms in total. The minimum Gasteiger partial charge on any atom is -0.352 e. The monoisotopic (exact) mass is 403 g/mol. The molecule has 4 heterocycles. The number of hydrogen-bond donors (Lipinski definition) is 0. The molecule has 1 aromatic carbocycles. The Bertz CT molecular complexity index is 1300. The predicted molar refractivity (Wildman–Crippen MR) is 113 cm³/mol. The Morgan fingerprint density at radius 1 is 1.03 bits per heavy atom. The van der Waals surface area contributed by atoms with Gasteiger partial charge in [0.2, 0.25) is 5.91 Å². The lowest BCUT2D eigenvalue weighted by molar-refractivity contribution is -0.132. The summed E-state index contributed by atoms with van der Waals surface area (Å²) < 4.78 is 3.46. The van der Waals surface area contributed by atoms with Crippen molar-refractivity contribution in [1.29, 1.82) is 0 Å². The van der Waals surface area contributed by atoms with Gasteiger partial charge in [-0.05, 0) is 18.2 Å². The second-order valence-corrected chi connectivity index (χ2v) is 7.40. The Kier molecular flexibility index (Phi) is 4.42. The SMILES string of the molecule is Cn1ccc2c(N3CCN(C(=O)Cn4c(=O)cnc5ccccc54)CC3)ncnc21. The summed E-state index contributed by atoms with van der Waals surface area (Å²) in [6, 6.07) is 9.37. The second kappa shape index (κ2) is 7.25. The van der Waals surface area contributed by atoms with Crippen molar-refractivity contribution < 1.29 is 4.79 Å². The van der Waals surface area contributed by atoms with Crippen molar-refractivity contribution in [3.8, 4) is 0 Å². The van der Waals surface area contributed by atoms with E-state index in [0.717, 1.165) is 16.9 Å². The molecule has 0 bridgehead atoms. The van der Waals surface area contributed by atoms with Crippen LogP contribution in [0.15, 0.2) is 53.8 Å². The molecule has 30 heavy (non-hydrogen) atoms. The topological polar surface area (TPSA) is 89.1 Å². The normalized spacial score (nSPS) is 14.6.